The molecule has 28 heavy (non-hydrogen) atoms. The second-order valence-electron chi connectivity index (χ2n) is 7.17. The summed E-state index contributed by atoms with van der Waals surface area (Å²) in [6.45, 7) is 1.88. The van der Waals surface area contributed by atoms with Crippen LogP contribution < -0.4 is 0 Å². The summed E-state index contributed by atoms with van der Waals surface area (Å²) >= 11 is 0. The maximum atomic E-state index is 14.5. The number of carbonyl (C=O) groups is 1. The molecule has 1 N–H and O–H groups in total. The lowest BCUT2D eigenvalue weighted by Crippen LogP contribution is -2.55. The van der Waals surface area contributed by atoms with Crippen molar-refractivity contribution in [2.45, 2.75) is 25.0 Å². The summed E-state index contributed by atoms with van der Waals surface area (Å²) in [5.41, 5.74) is 0.0958. The van der Waals surface area contributed by atoms with Gasteiger partial charge in [0.15, 0.2) is 0 Å². The number of carbonyl (C=O) groups excluding carboxylic acids is 1. The molecule has 0 fully saturated rings. The van der Waals surface area contributed by atoms with Gasteiger partial charge in [-0.25, -0.2) is 13.6 Å². The summed E-state index contributed by atoms with van der Waals surface area (Å²) in [5, 5.41) is 11.0. The summed E-state index contributed by atoms with van der Waals surface area (Å²) < 4.78 is 28.3. The summed E-state index contributed by atoms with van der Waals surface area (Å²) in [5.74, 6) is -1.13. The molecule has 4 nitrogen and oxygen atoms in total. The van der Waals surface area contributed by atoms with Gasteiger partial charge in [0.1, 0.15) is 17.2 Å². The number of aliphatic hydroxyl groups is 1. The number of rotatable bonds is 4. The molecule has 1 aliphatic heterocycles. The number of urea groups is 1. The lowest BCUT2D eigenvalue weighted by atomic mass is 9.82. The third-order valence-corrected chi connectivity index (χ3v) is 5.19. The maximum absolute atomic E-state index is 14.5. The molecule has 0 saturated heterocycles. The molecule has 3 rings (SSSR count). The summed E-state index contributed by atoms with van der Waals surface area (Å²) in [6, 6.07) is 12.1. The van der Waals surface area contributed by atoms with Crippen molar-refractivity contribution in [1.82, 2.24) is 9.80 Å². The molecule has 0 spiro atoms. The Hall–Kier alpha value is -2.73. The first-order valence-electron chi connectivity index (χ1n) is 9.21. The van der Waals surface area contributed by atoms with Crippen LogP contribution in [-0.2, 0) is 5.54 Å². The molecule has 2 atom stereocenters. The largest absolute Gasteiger partial charge is 0.390 e. The van der Waals surface area contributed by atoms with E-state index in [4.69, 9.17) is 0 Å². The van der Waals surface area contributed by atoms with E-state index in [1.165, 1.54) is 9.80 Å². The molecule has 0 saturated carbocycles. The minimum absolute atomic E-state index is 0.0589. The Balaban J connectivity index is 2.25. The van der Waals surface area contributed by atoms with Crippen LogP contribution in [0.5, 0.6) is 0 Å². The third kappa shape index (κ3) is 3.29. The standard InChI is InChI=1S/C22H24F2N2O2/c1-4-20(27)22(16-8-6-5-7-9-16)13-15(14-26(22)21(28)25(2)3)18-12-17(23)10-11-19(18)24/h5-13,20,27H,4,14H2,1-3H3. The summed E-state index contributed by atoms with van der Waals surface area (Å²) in [6.07, 6.45) is 1.16. The van der Waals surface area contributed by atoms with Crippen LogP contribution in [-0.4, -0.2) is 47.7 Å². The van der Waals surface area contributed by atoms with Crippen molar-refractivity contribution < 1.29 is 18.7 Å². The van der Waals surface area contributed by atoms with Gasteiger partial charge < -0.3 is 14.9 Å². The van der Waals surface area contributed by atoms with E-state index < -0.39 is 23.3 Å². The molecule has 0 bridgehead atoms. The first kappa shape index (κ1) is 20.0. The number of aliphatic hydroxyl groups excluding tert-OH is 1. The highest BCUT2D eigenvalue weighted by atomic mass is 19.1. The molecule has 0 aromatic heterocycles. The Morgan fingerprint density at radius 1 is 1.21 bits per heavy atom. The molecular weight excluding hydrogens is 362 g/mol. The number of benzene rings is 2. The second-order valence-corrected chi connectivity index (χ2v) is 7.17. The van der Waals surface area contributed by atoms with Crippen molar-refractivity contribution >= 4 is 11.6 Å². The molecule has 1 aliphatic rings. The van der Waals surface area contributed by atoms with Crippen LogP contribution in [0.1, 0.15) is 24.5 Å². The molecule has 0 radical (unpaired) electrons. The van der Waals surface area contributed by atoms with E-state index in [1.807, 2.05) is 37.3 Å². The smallest absolute Gasteiger partial charge is 0.320 e. The highest BCUT2D eigenvalue weighted by molar-refractivity contribution is 5.83. The van der Waals surface area contributed by atoms with Crippen LogP contribution >= 0.6 is 0 Å². The highest BCUT2D eigenvalue weighted by Gasteiger charge is 2.49. The average Bonchev–Trinajstić information content (AvgIpc) is 3.10. The van der Waals surface area contributed by atoms with E-state index in [-0.39, 0.29) is 18.1 Å². The lowest BCUT2D eigenvalue weighted by molar-refractivity contribution is 0.0211. The molecule has 2 amide bonds. The van der Waals surface area contributed by atoms with E-state index in [9.17, 15) is 18.7 Å². The van der Waals surface area contributed by atoms with Gasteiger partial charge in [-0.3, -0.25) is 0 Å². The Morgan fingerprint density at radius 3 is 2.50 bits per heavy atom. The second kappa shape index (κ2) is 7.72. The van der Waals surface area contributed by atoms with Crippen LogP contribution in [0.2, 0.25) is 0 Å². The lowest BCUT2D eigenvalue weighted by Gasteiger charge is -2.42. The van der Waals surface area contributed by atoms with E-state index >= 15 is 0 Å². The number of halogens is 2. The first-order chi connectivity index (χ1) is 13.3. The fourth-order valence-electron chi connectivity index (χ4n) is 3.79. The van der Waals surface area contributed by atoms with Gasteiger partial charge >= 0.3 is 6.03 Å². The Morgan fingerprint density at radius 2 is 1.89 bits per heavy atom. The molecule has 148 valence electrons. The predicted molar refractivity (Wildman–Crippen MR) is 105 cm³/mol. The topological polar surface area (TPSA) is 43.8 Å². The molecule has 6 heteroatoms. The molecule has 1 heterocycles. The number of hydrogen-bond donors (Lipinski definition) is 1. The third-order valence-electron chi connectivity index (χ3n) is 5.19. The normalized spacial score (nSPS) is 20.1. The van der Waals surface area contributed by atoms with Crippen molar-refractivity contribution in [1.29, 1.82) is 0 Å². The van der Waals surface area contributed by atoms with Crippen molar-refractivity contribution in [3.63, 3.8) is 0 Å². The number of nitrogens with zero attached hydrogens (tertiary/aromatic N) is 2. The first-order valence-corrected chi connectivity index (χ1v) is 9.21. The molecule has 2 aromatic rings. The molecule has 0 aliphatic carbocycles. The Labute approximate surface area is 163 Å². The minimum atomic E-state index is -1.18. The van der Waals surface area contributed by atoms with Gasteiger partial charge in [-0.15, -0.1) is 0 Å². The summed E-state index contributed by atoms with van der Waals surface area (Å²) in [7, 11) is 3.24. The van der Waals surface area contributed by atoms with Gasteiger partial charge in [-0.1, -0.05) is 37.3 Å². The monoisotopic (exact) mass is 386 g/mol. The van der Waals surface area contributed by atoms with Crippen LogP contribution in [0.25, 0.3) is 5.57 Å². The predicted octanol–water partition coefficient (Wildman–Crippen LogP) is 4.01. The zero-order valence-electron chi connectivity index (χ0n) is 16.2. The fraction of sp³-hybridized carbons (Fsp3) is 0.318. The SMILES string of the molecule is CCC(O)C1(c2ccccc2)C=C(c2cc(F)ccc2F)CN1C(=O)N(C)C. The fourth-order valence-corrected chi connectivity index (χ4v) is 3.79. The highest BCUT2D eigenvalue weighted by Crippen LogP contribution is 2.44. The minimum Gasteiger partial charge on any atom is -0.390 e. The van der Waals surface area contributed by atoms with Gasteiger partial charge in [-0.2, -0.15) is 0 Å². The van der Waals surface area contributed by atoms with Crippen molar-refractivity contribution in [2.75, 3.05) is 20.6 Å². The van der Waals surface area contributed by atoms with Crippen LogP contribution in [0.3, 0.4) is 0 Å². The Kier molecular flexibility index (Phi) is 5.52. The van der Waals surface area contributed by atoms with Crippen molar-refractivity contribution in [3.8, 4) is 0 Å². The Bertz CT molecular complexity index is 899. The van der Waals surface area contributed by atoms with Crippen LogP contribution in [0.15, 0.2) is 54.6 Å². The van der Waals surface area contributed by atoms with Gasteiger partial charge in [-0.05, 0) is 41.8 Å². The maximum Gasteiger partial charge on any atom is 0.320 e. The van der Waals surface area contributed by atoms with E-state index in [0.29, 0.717) is 17.6 Å². The molecule has 2 aromatic carbocycles. The van der Waals surface area contributed by atoms with Crippen molar-refractivity contribution in [3.05, 3.63) is 77.4 Å². The zero-order valence-corrected chi connectivity index (χ0v) is 16.2. The van der Waals surface area contributed by atoms with Crippen molar-refractivity contribution in [2.24, 2.45) is 0 Å². The van der Waals surface area contributed by atoms with Gasteiger partial charge in [0, 0.05) is 26.2 Å². The average molecular weight is 386 g/mol. The van der Waals surface area contributed by atoms with E-state index in [0.717, 1.165) is 18.2 Å². The molecule has 2 unspecified atom stereocenters. The summed E-state index contributed by atoms with van der Waals surface area (Å²) in [4.78, 5) is 16.0. The number of hydrogen-bond acceptors (Lipinski definition) is 2. The van der Waals surface area contributed by atoms with E-state index in [1.54, 1.807) is 20.2 Å². The van der Waals surface area contributed by atoms with Gasteiger partial charge in [0.2, 0.25) is 0 Å². The van der Waals surface area contributed by atoms with Gasteiger partial charge in [0.25, 0.3) is 0 Å². The number of amides is 2. The zero-order chi connectivity index (χ0) is 20.5. The molecular formula is C22H24F2N2O2. The van der Waals surface area contributed by atoms with Crippen LogP contribution in [0, 0.1) is 11.6 Å². The quantitative estimate of drug-likeness (QED) is 0.863. The van der Waals surface area contributed by atoms with Crippen LogP contribution in [0.4, 0.5) is 13.6 Å². The van der Waals surface area contributed by atoms with E-state index in [2.05, 4.69) is 0 Å². The van der Waals surface area contributed by atoms with Gasteiger partial charge in [0.05, 0.1) is 6.10 Å².